The standard InChI is InChI=1S/C19H18F2N2O2/c20-15-5-4-13(10-16(15)21)17-6-8-23(17)19(24)22-11-14-3-1-2-12-7-9-25-18(12)14/h1-5,10,17H,6-9,11H2,(H,22,24). The molecule has 2 aromatic carbocycles. The van der Waals surface area contributed by atoms with Crippen LogP contribution in [0, 0.1) is 11.6 Å². The molecule has 2 aliphatic rings. The number of fused-ring (bicyclic) bond motifs is 1. The molecule has 0 aromatic heterocycles. The first-order valence-electron chi connectivity index (χ1n) is 8.36. The summed E-state index contributed by atoms with van der Waals surface area (Å²) in [5.74, 6) is -0.901. The topological polar surface area (TPSA) is 41.6 Å². The lowest BCUT2D eigenvalue weighted by atomic mass is 9.95. The van der Waals surface area contributed by atoms with Gasteiger partial charge in [-0.25, -0.2) is 13.6 Å². The number of carbonyl (C=O) groups is 1. The molecule has 1 N–H and O–H groups in total. The van der Waals surface area contributed by atoms with Crippen LogP contribution < -0.4 is 10.1 Å². The summed E-state index contributed by atoms with van der Waals surface area (Å²) in [5, 5.41) is 2.90. The summed E-state index contributed by atoms with van der Waals surface area (Å²) in [6.07, 6.45) is 1.63. The number of nitrogens with one attached hydrogen (secondary N) is 1. The summed E-state index contributed by atoms with van der Waals surface area (Å²) >= 11 is 0. The van der Waals surface area contributed by atoms with E-state index >= 15 is 0 Å². The van der Waals surface area contributed by atoms with Crippen LogP contribution in [0.3, 0.4) is 0 Å². The van der Waals surface area contributed by atoms with Gasteiger partial charge in [-0.3, -0.25) is 0 Å². The molecular weight excluding hydrogens is 326 g/mol. The maximum Gasteiger partial charge on any atom is 0.318 e. The van der Waals surface area contributed by atoms with E-state index in [1.807, 2.05) is 18.2 Å². The van der Waals surface area contributed by atoms with Gasteiger partial charge in [0.05, 0.1) is 12.6 Å². The van der Waals surface area contributed by atoms with E-state index in [1.165, 1.54) is 6.07 Å². The Morgan fingerprint density at radius 2 is 2.12 bits per heavy atom. The number of halogens is 2. The monoisotopic (exact) mass is 344 g/mol. The molecule has 25 heavy (non-hydrogen) atoms. The van der Waals surface area contributed by atoms with Crippen molar-refractivity contribution >= 4 is 6.03 Å². The molecule has 2 aliphatic heterocycles. The maximum atomic E-state index is 13.4. The van der Waals surface area contributed by atoms with Gasteiger partial charge in [-0.1, -0.05) is 24.3 Å². The van der Waals surface area contributed by atoms with Crippen LogP contribution in [0.25, 0.3) is 0 Å². The smallest absolute Gasteiger partial charge is 0.318 e. The SMILES string of the molecule is O=C(NCc1cccc2c1OCC2)N1CCC1c1ccc(F)c(F)c1. The van der Waals surface area contributed by atoms with Crippen LogP contribution in [0.2, 0.25) is 0 Å². The van der Waals surface area contributed by atoms with Crippen molar-refractivity contribution in [2.45, 2.75) is 25.4 Å². The lowest BCUT2D eigenvalue weighted by molar-refractivity contribution is 0.114. The second-order valence-corrected chi connectivity index (χ2v) is 6.33. The Hall–Kier alpha value is -2.63. The second kappa shape index (κ2) is 6.35. The van der Waals surface area contributed by atoms with Crippen LogP contribution in [-0.2, 0) is 13.0 Å². The van der Waals surface area contributed by atoms with Crippen molar-refractivity contribution in [1.29, 1.82) is 0 Å². The number of rotatable bonds is 3. The number of nitrogens with zero attached hydrogens (tertiary/aromatic N) is 1. The molecule has 2 heterocycles. The number of carbonyl (C=O) groups excluding carboxylic acids is 1. The van der Waals surface area contributed by atoms with Crippen molar-refractivity contribution in [3.05, 3.63) is 64.7 Å². The van der Waals surface area contributed by atoms with Gasteiger partial charge in [-0.15, -0.1) is 0 Å². The predicted octanol–water partition coefficient (Wildman–Crippen LogP) is 3.56. The normalized spacial score (nSPS) is 18.3. The highest BCUT2D eigenvalue weighted by atomic mass is 19.2. The molecule has 0 saturated carbocycles. The first-order chi connectivity index (χ1) is 12.1. The van der Waals surface area contributed by atoms with Gasteiger partial charge >= 0.3 is 6.03 Å². The predicted molar refractivity (Wildman–Crippen MR) is 88.3 cm³/mol. The molecular formula is C19H18F2N2O2. The molecule has 1 atom stereocenters. The molecule has 1 saturated heterocycles. The number of benzene rings is 2. The molecule has 4 rings (SSSR count). The summed E-state index contributed by atoms with van der Waals surface area (Å²) < 4.78 is 32.1. The number of hydrogen-bond acceptors (Lipinski definition) is 2. The lowest BCUT2D eigenvalue weighted by Gasteiger charge is -2.41. The number of ether oxygens (including phenoxy) is 1. The fraction of sp³-hybridized carbons (Fsp3) is 0.316. The quantitative estimate of drug-likeness (QED) is 0.925. The Kier molecular flexibility index (Phi) is 4.03. The van der Waals surface area contributed by atoms with E-state index in [0.717, 1.165) is 41.9 Å². The van der Waals surface area contributed by atoms with Gasteiger partial charge in [-0.05, 0) is 29.7 Å². The van der Waals surface area contributed by atoms with E-state index in [1.54, 1.807) is 4.90 Å². The fourth-order valence-corrected chi connectivity index (χ4v) is 3.39. The number of amides is 2. The first-order valence-corrected chi connectivity index (χ1v) is 8.36. The Bertz CT molecular complexity index is 825. The highest BCUT2D eigenvalue weighted by molar-refractivity contribution is 5.75. The molecule has 4 nitrogen and oxygen atoms in total. The van der Waals surface area contributed by atoms with Crippen LogP contribution in [0.1, 0.15) is 29.2 Å². The van der Waals surface area contributed by atoms with Gasteiger partial charge in [0.1, 0.15) is 5.75 Å². The maximum absolute atomic E-state index is 13.4. The third-order valence-corrected chi connectivity index (χ3v) is 4.83. The third kappa shape index (κ3) is 2.92. The minimum Gasteiger partial charge on any atom is -0.493 e. The van der Waals surface area contributed by atoms with Crippen LogP contribution in [0.4, 0.5) is 13.6 Å². The van der Waals surface area contributed by atoms with E-state index in [-0.39, 0.29) is 12.1 Å². The fourth-order valence-electron chi connectivity index (χ4n) is 3.39. The Morgan fingerprint density at radius 3 is 2.88 bits per heavy atom. The van der Waals surface area contributed by atoms with Gasteiger partial charge in [0.15, 0.2) is 11.6 Å². The number of hydrogen-bond donors (Lipinski definition) is 1. The van der Waals surface area contributed by atoms with E-state index in [0.29, 0.717) is 25.3 Å². The van der Waals surface area contributed by atoms with Crippen molar-refractivity contribution in [3.8, 4) is 5.75 Å². The summed E-state index contributed by atoms with van der Waals surface area (Å²) in [6, 6.07) is 9.30. The van der Waals surface area contributed by atoms with Crippen molar-refractivity contribution < 1.29 is 18.3 Å². The van der Waals surface area contributed by atoms with E-state index in [2.05, 4.69) is 5.32 Å². The average molecular weight is 344 g/mol. The van der Waals surface area contributed by atoms with Crippen LogP contribution in [0.15, 0.2) is 36.4 Å². The van der Waals surface area contributed by atoms with Crippen molar-refractivity contribution in [3.63, 3.8) is 0 Å². The molecule has 130 valence electrons. The molecule has 0 aliphatic carbocycles. The van der Waals surface area contributed by atoms with E-state index in [9.17, 15) is 13.6 Å². The Labute approximate surface area is 144 Å². The van der Waals surface area contributed by atoms with Crippen molar-refractivity contribution in [1.82, 2.24) is 10.2 Å². The summed E-state index contributed by atoms with van der Waals surface area (Å²) in [4.78, 5) is 14.1. The van der Waals surface area contributed by atoms with Crippen LogP contribution in [-0.4, -0.2) is 24.1 Å². The zero-order valence-electron chi connectivity index (χ0n) is 13.6. The highest BCUT2D eigenvalue weighted by Gasteiger charge is 2.33. The number of likely N-dealkylation sites (tertiary alicyclic amines) is 1. The molecule has 0 spiro atoms. The molecule has 6 heteroatoms. The minimum absolute atomic E-state index is 0.211. The van der Waals surface area contributed by atoms with Gasteiger partial charge in [0, 0.05) is 25.1 Å². The molecule has 1 unspecified atom stereocenters. The largest absolute Gasteiger partial charge is 0.493 e. The minimum atomic E-state index is -0.887. The number of para-hydroxylation sites is 1. The van der Waals surface area contributed by atoms with Crippen molar-refractivity contribution in [2.24, 2.45) is 0 Å². The second-order valence-electron chi connectivity index (χ2n) is 6.33. The summed E-state index contributed by atoms with van der Waals surface area (Å²) in [7, 11) is 0. The Morgan fingerprint density at radius 1 is 1.24 bits per heavy atom. The third-order valence-electron chi connectivity index (χ3n) is 4.83. The summed E-state index contributed by atoms with van der Waals surface area (Å²) in [6.45, 7) is 1.65. The van der Waals surface area contributed by atoms with Gasteiger partial charge in [0.25, 0.3) is 0 Å². The van der Waals surface area contributed by atoms with Crippen LogP contribution >= 0.6 is 0 Å². The van der Waals surface area contributed by atoms with Gasteiger partial charge < -0.3 is 15.0 Å². The lowest BCUT2D eigenvalue weighted by Crippen LogP contribution is -2.49. The van der Waals surface area contributed by atoms with Gasteiger partial charge in [0.2, 0.25) is 0 Å². The van der Waals surface area contributed by atoms with Crippen molar-refractivity contribution in [2.75, 3.05) is 13.2 Å². The molecule has 2 amide bonds. The Balaban J connectivity index is 1.42. The van der Waals surface area contributed by atoms with E-state index in [4.69, 9.17) is 4.74 Å². The molecule has 2 aromatic rings. The number of urea groups is 1. The summed E-state index contributed by atoms with van der Waals surface area (Å²) in [5.41, 5.74) is 2.73. The molecule has 0 bridgehead atoms. The molecule has 1 fully saturated rings. The zero-order valence-corrected chi connectivity index (χ0v) is 13.6. The van der Waals surface area contributed by atoms with E-state index < -0.39 is 11.6 Å². The van der Waals surface area contributed by atoms with Crippen LogP contribution in [0.5, 0.6) is 5.75 Å². The average Bonchev–Trinajstić information content (AvgIpc) is 3.04. The van der Waals surface area contributed by atoms with Gasteiger partial charge in [-0.2, -0.15) is 0 Å². The zero-order chi connectivity index (χ0) is 17.4. The molecule has 0 radical (unpaired) electrons. The highest BCUT2D eigenvalue weighted by Crippen LogP contribution is 2.34. The first kappa shape index (κ1) is 15.9.